The Bertz CT molecular complexity index is 916. The molecule has 0 spiro atoms. The Hall–Kier alpha value is -2.30. The monoisotopic (exact) mass is 400 g/mol. The fourth-order valence-corrected chi connectivity index (χ4v) is 3.35. The number of rotatable bonds is 8. The van der Waals surface area contributed by atoms with Gasteiger partial charge in [0.2, 0.25) is 0 Å². The van der Waals surface area contributed by atoms with Crippen LogP contribution in [0.3, 0.4) is 0 Å². The van der Waals surface area contributed by atoms with Gasteiger partial charge >= 0.3 is 0 Å². The molecule has 0 saturated carbocycles. The van der Waals surface area contributed by atoms with E-state index in [4.69, 9.17) is 23.2 Å². The van der Waals surface area contributed by atoms with Crippen LogP contribution in [0.5, 0.6) is 0 Å². The Labute approximate surface area is 169 Å². The van der Waals surface area contributed by atoms with E-state index < -0.39 is 0 Å². The zero-order valence-corrected chi connectivity index (χ0v) is 16.7. The Balaban J connectivity index is 1.75. The first-order chi connectivity index (χ1) is 13.2. The van der Waals surface area contributed by atoms with E-state index in [0.717, 1.165) is 46.5 Å². The Morgan fingerprint density at radius 3 is 2.59 bits per heavy atom. The molecule has 0 atom stereocenters. The van der Waals surface area contributed by atoms with Crippen LogP contribution >= 0.6 is 23.2 Å². The normalized spacial score (nSPS) is 11.2. The van der Waals surface area contributed by atoms with Gasteiger partial charge in [0.25, 0.3) is 0 Å². The van der Waals surface area contributed by atoms with E-state index in [1.165, 1.54) is 0 Å². The highest BCUT2D eigenvalue weighted by molar-refractivity contribution is 6.18. The average Bonchev–Trinajstić information content (AvgIpc) is 2.69. The number of nitrogens with zero attached hydrogens (tertiary/aromatic N) is 3. The van der Waals surface area contributed by atoms with Crippen LogP contribution in [0.1, 0.15) is 11.1 Å². The van der Waals surface area contributed by atoms with Crippen LogP contribution in [0, 0.1) is 6.92 Å². The van der Waals surface area contributed by atoms with Gasteiger partial charge in [-0.1, -0.05) is 24.3 Å². The lowest BCUT2D eigenvalue weighted by Gasteiger charge is -2.23. The predicted molar refractivity (Wildman–Crippen MR) is 118 cm³/mol. The van der Waals surface area contributed by atoms with Crippen LogP contribution in [-0.2, 0) is 0 Å². The lowest BCUT2D eigenvalue weighted by molar-refractivity contribution is 0.873. The van der Waals surface area contributed by atoms with Gasteiger partial charge in [-0.15, -0.1) is 23.2 Å². The minimum Gasteiger partial charge on any atom is -0.369 e. The number of hydrogen-bond acceptors (Lipinski definition) is 4. The second-order valence-electron chi connectivity index (χ2n) is 6.16. The summed E-state index contributed by atoms with van der Waals surface area (Å²) in [5.74, 6) is 1.14. The van der Waals surface area contributed by atoms with Crippen molar-refractivity contribution in [2.45, 2.75) is 6.92 Å². The predicted octanol–water partition coefficient (Wildman–Crippen LogP) is 5.27. The minimum absolute atomic E-state index is 0.572. The summed E-state index contributed by atoms with van der Waals surface area (Å²) in [5.41, 5.74) is 8.21. The number of para-hydroxylation sites is 1. The van der Waals surface area contributed by atoms with Gasteiger partial charge in [-0.25, -0.2) is 0 Å². The molecule has 0 bridgehead atoms. The lowest BCUT2D eigenvalue weighted by Crippen LogP contribution is -2.27. The van der Waals surface area contributed by atoms with Crippen molar-refractivity contribution in [2.24, 2.45) is 5.10 Å². The molecule has 1 N–H and O–H groups in total. The third kappa shape index (κ3) is 4.90. The number of nitrogens with one attached hydrogen (secondary N) is 1. The van der Waals surface area contributed by atoms with Gasteiger partial charge < -0.3 is 4.90 Å². The van der Waals surface area contributed by atoms with Crippen molar-refractivity contribution in [3.8, 4) is 0 Å². The zero-order chi connectivity index (χ0) is 19.1. The van der Waals surface area contributed by atoms with E-state index in [2.05, 4.69) is 45.5 Å². The number of aryl methyl sites for hydroxylation is 1. The molecule has 0 aliphatic heterocycles. The first kappa shape index (κ1) is 19.5. The summed E-state index contributed by atoms with van der Waals surface area (Å²) < 4.78 is 0. The smallest absolute Gasteiger partial charge is 0.0951 e. The molecule has 0 amide bonds. The molecule has 0 unspecified atom stereocenters. The fraction of sp³-hybridized carbons (Fsp3) is 0.238. The molecule has 3 aromatic rings. The summed E-state index contributed by atoms with van der Waals surface area (Å²) in [5, 5.41) is 5.48. The van der Waals surface area contributed by atoms with Crippen LogP contribution in [0.25, 0.3) is 10.9 Å². The molecule has 6 heteroatoms. The van der Waals surface area contributed by atoms with Crippen molar-refractivity contribution >= 4 is 51.7 Å². The molecule has 0 saturated heterocycles. The van der Waals surface area contributed by atoms with Gasteiger partial charge in [0.15, 0.2) is 0 Å². The molecule has 0 fully saturated rings. The molecule has 27 heavy (non-hydrogen) atoms. The number of hydrogen-bond donors (Lipinski definition) is 1. The average molecular weight is 401 g/mol. The van der Waals surface area contributed by atoms with Crippen LogP contribution in [-0.4, -0.2) is 36.0 Å². The van der Waals surface area contributed by atoms with Crippen LogP contribution in [0.15, 0.2) is 59.8 Å². The van der Waals surface area contributed by atoms with Crippen LogP contribution in [0.4, 0.5) is 11.4 Å². The Morgan fingerprint density at radius 2 is 1.85 bits per heavy atom. The third-order valence-electron chi connectivity index (χ3n) is 4.35. The van der Waals surface area contributed by atoms with Gasteiger partial charge in [-0.2, -0.15) is 5.10 Å². The summed E-state index contributed by atoms with van der Waals surface area (Å²) in [6.45, 7) is 3.62. The van der Waals surface area contributed by atoms with Crippen molar-refractivity contribution < 1.29 is 0 Å². The first-order valence-corrected chi connectivity index (χ1v) is 9.90. The zero-order valence-electron chi connectivity index (χ0n) is 15.2. The van der Waals surface area contributed by atoms with Crippen molar-refractivity contribution in [3.63, 3.8) is 0 Å². The molecule has 3 rings (SSSR count). The van der Waals surface area contributed by atoms with Gasteiger partial charge in [-0.05, 0) is 42.3 Å². The summed E-state index contributed by atoms with van der Waals surface area (Å²) in [7, 11) is 0. The van der Waals surface area contributed by atoms with E-state index >= 15 is 0 Å². The van der Waals surface area contributed by atoms with E-state index in [0.29, 0.717) is 11.8 Å². The van der Waals surface area contributed by atoms with Gasteiger partial charge in [0.05, 0.1) is 17.4 Å². The standard InChI is InChI=1S/C21H22Cl2N4/c1-16-14-19(27(12-9-22)13-10-23)8-7-18(16)15-25-26-20-6-2-4-17-5-3-11-24-21(17)20/h2-8,11,14-15,26H,9-10,12-13H2,1H3. The van der Waals surface area contributed by atoms with Crippen LogP contribution < -0.4 is 10.3 Å². The molecule has 2 aromatic carbocycles. The molecule has 4 nitrogen and oxygen atoms in total. The number of alkyl halides is 2. The first-order valence-electron chi connectivity index (χ1n) is 8.83. The van der Waals surface area contributed by atoms with Crippen molar-refractivity contribution in [1.29, 1.82) is 0 Å². The second kappa shape index (κ2) is 9.58. The maximum absolute atomic E-state index is 5.90. The number of pyridine rings is 1. The maximum atomic E-state index is 5.90. The van der Waals surface area contributed by atoms with E-state index in [1.54, 1.807) is 6.20 Å². The van der Waals surface area contributed by atoms with E-state index in [-0.39, 0.29) is 0 Å². The maximum Gasteiger partial charge on any atom is 0.0951 e. The number of fused-ring (bicyclic) bond motifs is 1. The van der Waals surface area contributed by atoms with Crippen molar-refractivity contribution in [1.82, 2.24) is 4.98 Å². The highest BCUT2D eigenvalue weighted by atomic mass is 35.5. The molecule has 0 radical (unpaired) electrons. The van der Waals surface area contributed by atoms with E-state index in [9.17, 15) is 0 Å². The highest BCUT2D eigenvalue weighted by Crippen LogP contribution is 2.21. The van der Waals surface area contributed by atoms with Gasteiger partial charge in [0.1, 0.15) is 0 Å². The van der Waals surface area contributed by atoms with Crippen molar-refractivity contribution in [2.75, 3.05) is 35.2 Å². The quantitative estimate of drug-likeness (QED) is 0.318. The SMILES string of the molecule is Cc1cc(N(CCCl)CCCl)ccc1C=NNc1cccc2cccnc12. The number of anilines is 2. The molecule has 0 aliphatic carbocycles. The fourth-order valence-electron chi connectivity index (χ4n) is 2.94. The van der Waals surface area contributed by atoms with Crippen molar-refractivity contribution in [3.05, 3.63) is 65.9 Å². The number of hydrazone groups is 1. The number of aromatic nitrogens is 1. The summed E-state index contributed by atoms with van der Waals surface area (Å²) >= 11 is 11.8. The summed E-state index contributed by atoms with van der Waals surface area (Å²) in [6, 6.07) is 16.2. The van der Waals surface area contributed by atoms with Gasteiger partial charge in [0, 0.05) is 42.1 Å². The molecular weight excluding hydrogens is 379 g/mol. The van der Waals surface area contributed by atoms with E-state index in [1.807, 2.05) is 36.5 Å². The van der Waals surface area contributed by atoms with Gasteiger partial charge in [-0.3, -0.25) is 10.4 Å². The summed E-state index contributed by atoms with van der Waals surface area (Å²) in [6.07, 6.45) is 3.61. The molecule has 0 aliphatic rings. The molecule has 140 valence electrons. The van der Waals surface area contributed by atoms with Crippen LogP contribution in [0.2, 0.25) is 0 Å². The number of benzene rings is 2. The Kier molecular flexibility index (Phi) is 6.91. The molecular formula is C21H22Cl2N4. The highest BCUT2D eigenvalue weighted by Gasteiger charge is 2.07. The second-order valence-corrected chi connectivity index (χ2v) is 6.91. The number of halogens is 2. The lowest BCUT2D eigenvalue weighted by atomic mass is 10.1. The molecule has 1 heterocycles. The third-order valence-corrected chi connectivity index (χ3v) is 4.69. The Morgan fingerprint density at radius 1 is 1.07 bits per heavy atom. The summed E-state index contributed by atoms with van der Waals surface area (Å²) in [4.78, 5) is 6.62. The largest absolute Gasteiger partial charge is 0.369 e. The topological polar surface area (TPSA) is 40.5 Å². The minimum atomic E-state index is 0.572. The molecule has 1 aromatic heterocycles.